The molecule has 0 aliphatic carbocycles. The Morgan fingerprint density at radius 2 is 1.55 bits per heavy atom. The van der Waals surface area contributed by atoms with Crippen LogP contribution in [0.4, 0.5) is 11.4 Å². The Morgan fingerprint density at radius 1 is 1.09 bits per heavy atom. The fourth-order valence-corrected chi connectivity index (χ4v) is 1.84. The van der Waals surface area contributed by atoms with Crippen molar-refractivity contribution in [3.8, 4) is 0 Å². The number of esters is 1. The summed E-state index contributed by atoms with van der Waals surface area (Å²) in [6.45, 7) is 0. The van der Waals surface area contributed by atoms with Gasteiger partial charge in [-0.3, -0.25) is 20.2 Å². The van der Waals surface area contributed by atoms with E-state index in [0.717, 1.165) is 19.2 Å². The molecule has 0 spiro atoms. The summed E-state index contributed by atoms with van der Waals surface area (Å²) in [7, 11) is 3.67. The van der Waals surface area contributed by atoms with Crippen LogP contribution in [0.5, 0.6) is 0 Å². The normalized spacial score (nSPS) is 10.5. The molecule has 0 saturated heterocycles. The number of carbonyl (C=O) groups is 1. The second-order valence-corrected chi connectivity index (χ2v) is 4.10. The van der Waals surface area contributed by atoms with Crippen molar-refractivity contribution in [2.45, 2.75) is 12.7 Å². The molecule has 1 aromatic rings. The van der Waals surface area contributed by atoms with Crippen LogP contribution in [0.3, 0.4) is 0 Å². The van der Waals surface area contributed by atoms with Gasteiger partial charge < -0.3 is 14.2 Å². The number of rotatable bonds is 7. The van der Waals surface area contributed by atoms with Gasteiger partial charge in [0.15, 0.2) is 6.29 Å². The maximum atomic E-state index is 11.5. The van der Waals surface area contributed by atoms with Crippen LogP contribution >= 0.6 is 0 Å². The number of nitro benzene ring substituents is 2. The van der Waals surface area contributed by atoms with Gasteiger partial charge in [-0.25, -0.2) is 4.79 Å². The smallest absolute Gasteiger partial charge is 0.338 e. The van der Waals surface area contributed by atoms with Gasteiger partial charge in [0.25, 0.3) is 11.4 Å². The second kappa shape index (κ2) is 7.43. The van der Waals surface area contributed by atoms with Crippen molar-refractivity contribution in [2.24, 2.45) is 0 Å². The van der Waals surface area contributed by atoms with Gasteiger partial charge in [0, 0.05) is 32.8 Å². The van der Waals surface area contributed by atoms with Crippen molar-refractivity contribution < 1.29 is 28.9 Å². The molecular formula is C12H14N2O8. The number of nitrogens with zero attached hydrogens (tertiary/aromatic N) is 2. The summed E-state index contributed by atoms with van der Waals surface area (Å²) in [6, 6.07) is 1.85. The first-order valence-electron chi connectivity index (χ1n) is 5.95. The van der Waals surface area contributed by atoms with Crippen LogP contribution in [0.25, 0.3) is 0 Å². The number of methoxy groups -OCH3 is 3. The highest BCUT2D eigenvalue weighted by atomic mass is 16.7. The Labute approximate surface area is 124 Å². The van der Waals surface area contributed by atoms with Gasteiger partial charge in [-0.15, -0.1) is 0 Å². The molecular weight excluding hydrogens is 300 g/mol. The fraction of sp³-hybridized carbons (Fsp3) is 0.417. The first-order valence-corrected chi connectivity index (χ1v) is 5.95. The third kappa shape index (κ3) is 3.74. The summed E-state index contributed by atoms with van der Waals surface area (Å²) in [5.41, 5.74) is -1.63. The van der Waals surface area contributed by atoms with E-state index in [1.165, 1.54) is 14.2 Å². The highest BCUT2D eigenvalue weighted by Gasteiger charge is 2.30. The van der Waals surface area contributed by atoms with E-state index in [-0.39, 0.29) is 17.5 Å². The van der Waals surface area contributed by atoms with E-state index in [1.54, 1.807) is 0 Å². The number of ether oxygens (including phenoxy) is 3. The zero-order chi connectivity index (χ0) is 16.9. The first-order chi connectivity index (χ1) is 10.3. The summed E-state index contributed by atoms with van der Waals surface area (Å²) in [5.74, 6) is -0.909. The summed E-state index contributed by atoms with van der Waals surface area (Å²) in [6.07, 6.45) is -1.12. The highest BCUT2D eigenvalue weighted by Crippen LogP contribution is 2.32. The van der Waals surface area contributed by atoms with Gasteiger partial charge in [0.1, 0.15) is 5.56 Å². The molecule has 0 heterocycles. The molecule has 1 rings (SSSR count). The summed E-state index contributed by atoms with van der Waals surface area (Å²) in [4.78, 5) is 32.2. The molecule has 120 valence electrons. The van der Waals surface area contributed by atoms with Crippen molar-refractivity contribution in [3.05, 3.63) is 43.5 Å². The van der Waals surface area contributed by atoms with Crippen LogP contribution in [0.15, 0.2) is 12.1 Å². The zero-order valence-corrected chi connectivity index (χ0v) is 12.1. The molecule has 10 heteroatoms. The van der Waals surface area contributed by atoms with Crippen LogP contribution in [-0.4, -0.2) is 43.4 Å². The molecule has 0 aliphatic heterocycles. The average molecular weight is 314 g/mol. The molecule has 0 fully saturated rings. The van der Waals surface area contributed by atoms with Crippen molar-refractivity contribution in [1.29, 1.82) is 0 Å². The molecule has 0 aliphatic rings. The molecule has 0 bridgehead atoms. The lowest BCUT2D eigenvalue weighted by atomic mass is 10.0. The maximum Gasteiger partial charge on any atom is 0.338 e. The van der Waals surface area contributed by atoms with Gasteiger partial charge in [-0.1, -0.05) is 0 Å². The molecule has 0 N–H and O–H groups in total. The van der Waals surface area contributed by atoms with Crippen molar-refractivity contribution >= 4 is 17.3 Å². The second-order valence-electron chi connectivity index (χ2n) is 4.10. The number of nitro groups is 2. The van der Waals surface area contributed by atoms with Crippen LogP contribution < -0.4 is 0 Å². The lowest BCUT2D eigenvalue weighted by molar-refractivity contribution is -0.396. The Hall–Kier alpha value is -2.59. The molecule has 10 nitrogen and oxygen atoms in total. The van der Waals surface area contributed by atoms with E-state index in [1.807, 2.05) is 0 Å². The standard InChI is InChI=1S/C12H14N2O8/c1-20-11(21-2)6-8-9(13(16)17)4-7(12(15)22-3)5-10(8)14(18)19/h4-5,11H,6H2,1-3H3. The minimum Gasteiger partial charge on any atom is -0.465 e. The van der Waals surface area contributed by atoms with Crippen molar-refractivity contribution in [3.63, 3.8) is 0 Å². The topological polar surface area (TPSA) is 131 Å². The molecule has 0 saturated carbocycles. The third-order valence-electron chi connectivity index (χ3n) is 2.91. The van der Waals surface area contributed by atoms with E-state index in [0.29, 0.717) is 0 Å². The molecule has 22 heavy (non-hydrogen) atoms. The Kier molecular flexibility index (Phi) is 5.90. The van der Waals surface area contributed by atoms with Crippen LogP contribution in [-0.2, 0) is 20.6 Å². The van der Waals surface area contributed by atoms with E-state index in [2.05, 4.69) is 4.74 Å². The van der Waals surface area contributed by atoms with E-state index in [9.17, 15) is 25.0 Å². The molecule has 1 aromatic carbocycles. The van der Waals surface area contributed by atoms with Crippen molar-refractivity contribution in [2.75, 3.05) is 21.3 Å². The lowest BCUT2D eigenvalue weighted by Crippen LogP contribution is -2.18. The zero-order valence-electron chi connectivity index (χ0n) is 12.1. The number of benzene rings is 1. The third-order valence-corrected chi connectivity index (χ3v) is 2.91. The van der Waals surface area contributed by atoms with E-state index in [4.69, 9.17) is 9.47 Å². The molecule has 0 atom stereocenters. The van der Waals surface area contributed by atoms with E-state index < -0.39 is 33.5 Å². The minimum absolute atomic E-state index is 0.198. The SMILES string of the molecule is COC(=O)c1cc([N+](=O)[O-])c(CC(OC)OC)c([N+](=O)[O-])c1. The van der Waals surface area contributed by atoms with Gasteiger partial charge in [0.2, 0.25) is 0 Å². The molecule has 0 aromatic heterocycles. The number of hydrogen-bond donors (Lipinski definition) is 0. The predicted octanol–water partition coefficient (Wildman–Crippen LogP) is 1.45. The van der Waals surface area contributed by atoms with E-state index >= 15 is 0 Å². The number of hydrogen-bond acceptors (Lipinski definition) is 8. The van der Waals surface area contributed by atoms with Crippen LogP contribution in [0.2, 0.25) is 0 Å². The predicted molar refractivity (Wildman–Crippen MR) is 72.6 cm³/mol. The van der Waals surface area contributed by atoms with Gasteiger partial charge in [-0.05, 0) is 0 Å². The maximum absolute atomic E-state index is 11.5. The van der Waals surface area contributed by atoms with Gasteiger partial charge in [0.05, 0.1) is 22.5 Å². The Balaban J connectivity index is 3.53. The Bertz CT molecular complexity index is 562. The highest BCUT2D eigenvalue weighted by molar-refractivity contribution is 5.91. The van der Waals surface area contributed by atoms with Crippen LogP contribution in [0.1, 0.15) is 15.9 Å². The average Bonchev–Trinajstić information content (AvgIpc) is 2.50. The van der Waals surface area contributed by atoms with Gasteiger partial charge in [-0.2, -0.15) is 0 Å². The monoisotopic (exact) mass is 314 g/mol. The Morgan fingerprint density at radius 3 is 1.86 bits per heavy atom. The van der Waals surface area contributed by atoms with Crippen LogP contribution in [0, 0.1) is 20.2 Å². The quantitative estimate of drug-likeness (QED) is 0.320. The summed E-state index contributed by atoms with van der Waals surface area (Å²) in [5, 5.41) is 22.3. The summed E-state index contributed by atoms with van der Waals surface area (Å²) < 4.78 is 14.3. The molecule has 0 amide bonds. The minimum atomic E-state index is -0.909. The van der Waals surface area contributed by atoms with Gasteiger partial charge >= 0.3 is 5.97 Å². The molecule has 0 unspecified atom stereocenters. The molecule has 0 radical (unpaired) electrons. The number of carbonyl (C=O) groups excluding carboxylic acids is 1. The lowest BCUT2D eigenvalue weighted by Gasteiger charge is -2.13. The fourth-order valence-electron chi connectivity index (χ4n) is 1.84. The summed E-state index contributed by atoms with van der Waals surface area (Å²) >= 11 is 0. The van der Waals surface area contributed by atoms with Crippen molar-refractivity contribution in [1.82, 2.24) is 0 Å². The largest absolute Gasteiger partial charge is 0.465 e. The first kappa shape index (κ1) is 17.5.